The number of ether oxygens (including phenoxy) is 2. The molecule has 1 aliphatic rings. The van der Waals surface area contributed by atoms with E-state index in [-0.39, 0.29) is 18.5 Å². The zero-order chi connectivity index (χ0) is 18.2. The molecule has 27 heavy (non-hydrogen) atoms. The summed E-state index contributed by atoms with van der Waals surface area (Å²) in [5, 5.41) is 10.7. The van der Waals surface area contributed by atoms with Crippen molar-refractivity contribution < 1.29 is 18.7 Å². The molecule has 0 bridgehead atoms. The van der Waals surface area contributed by atoms with Crippen LogP contribution in [-0.4, -0.2) is 27.7 Å². The number of benzene rings is 2. The molecule has 134 valence electrons. The first-order valence-electron chi connectivity index (χ1n) is 8.15. The average Bonchev–Trinajstić information content (AvgIpc) is 3.34. The van der Waals surface area contributed by atoms with Gasteiger partial charge in [-0.25, -0.2) is 4.98 Å². The number of fused-ring (bicyclic) bond motifs is 2. The molecule has 4 aromatic rings. The standard InChI is InChI=1S/C18H12N4O4S/c23-15(17-19-10-5-1-4-8-14(10)27-17)20-18-22-21-16(26-18)13-9-24-11-6-2-3-7-12(11)25-13/h1-8,13H,9H2,(H,20,22,23). The summed E-state index contributed by atoms with van der Waals surface area (Å²) in [6, 6.07) is 14.9. The van der Waals surface area contributed by atoms with Crippen LogP contribution in [-0.2, 0) is 0 Å². The van der Waals surface area contributed by atoms with Crippen molar-refractivity contribution in [1.29, 1.82) is 0 Å². The second-order valence-electron chi connectivity index (χ2n) is 5.75. The number of para-hydroxylation sites is 3. The second kappa shape index (κ2) is 6.36. The van der Waals surface area contributed by atoms with Gasteiger partial charge in [-0.2, -0.15) is 0 Å². The van der Waals surface area contributed by atoms with Crippen LogP contribution in [0.4, 0.5) is 6.01 Å². The lowest BCUT2D eigenvalue weighted by Crippen LogP contribution is -2.21. The van der Waals surface area contributed by atoms with Crippen LogP contribution in [0, 0.1) is 0 Å². The zero-order valence-corrected chi connectivity index (χ0v) is 14.6. The van der Waals surface area contributed by atoms with Gasteiger partial charge in [0, 0.05) is 0 Å². The largest absolute Gasteiger partial charge is 0.485 e. The minimum atomic E-state index is -0.541. The van der Waals surface area contributed by atoms with E-state index in [1.165, 1.54) is 11.3 Å². The van der Waals surface area contributed by atoms with Gasteiger partial charge in [0.05, 0.1) is 10.2 Å². The third kappa shape index (κ3) is 2.97. The van der Waals surface area contributed by atoms with Crippen molar-refractivity contribution in [2.24, 2.45) is 0 Å². The molecular weight excluding hydrogens is 368 g/mol. The second-order valence-corrected chi connectivity index (χ2v) is 6.78. The van der Waals surface area contributed by atoms with Crippen LogP contribution in [0.25, 0.3) is 10.2 Å². The minimum Gasteiger partial charge on any atom is -0.485 e. The van der Waals surface area contributed by atoms with Gasteiger partial charge in [0.15, 0.2) is 16.5 Å². The van der Waals surface area contributed by atoms with Gasteiger partial charge in [-0.3, -0.25) is 10.1 Å². The molecule has 0 aliphatic carbocycles. The van der Waals surface area contributed by atoms with E-state index >= 15 is 0 Å². The molecule has 9 heteroatoms. The molecule has 1 atom stereocenters. The molecule has 2 aromatic heterocycles. The Morgan fingerprint density at radius 3 is 2.78 bits per heavy atom. The molecule has 8 nitrogen and oxygen atoms in total. The number of amides is 1. The summed E-state index contributed by atoms with van der Waals surface area (Å²) in [6.07, 6.45) is -0.541. The number of aromatic nitrogens is 3. The summed E-state index contributed by atoms with van der Waals surface area (Å²) in [5.74, 6) is 1.09. The molecular formula is C18H12N4O4S. The van der Waals surface area contributed by atoms with Crippen LogP contribution >= 0.6 is 11.3 Å². The Morgan fingerprint density at radius 2 is 1.89 bits per heavy atom. The van der Waals surface area contributed by atoms with Crippen molar-refractivity contribution >= 4 is 33.5 Å². The Balaban J connectivity index is 1.31. The average molecular weight is 380 g/mol. The highest BCUT2D eigenvalue weighted by molar-refractivity contribution is 7.20. The lowest BCUT2D eigenvalue weighted by atomic mass is 10.2. The predicted molar refractivity (Wildman–Crippen MR) is 97.2 cm³/mol. The number of anilines is 1. The Labute approximate surface area is 156 Å². The molecule has 0 saturated carbocycles. The summed E-state index contributed by atoms with van der Waals surface area (Å²) in [6.45, 7) is 0.241. The van der Waals surface area contributed by atoms with Gasteiger partial charge in [-0.1, -0.05) is 29.4 Å². The van der Waals surface area contributed by atoms with E-state index in [1.54, 1.807) is 6.07 Å². The number of carbonyl (C=O) groups excluding carboxylic acids is 1. The maximum Gasteiger partial charge on any atom is 0.322 e. The number of thiazole rings is 1. The summed E-state index contributed by atoms with van der Waals surface area (Å²) >= 11 is 1.29. The van der Waals surface area contributed by atoms with E-state index < -0.39 is 12.0 Å². The molecule has 1 unspecified atom stereocenters. The van der Waals surface area contributed by atoms with Gasteiger partial charge in [-0.05, 0) is 24.3 Å². The monoisotopic (exact) mass is 380 g/mol. The van der Waals surface area contributed by atoms with Crippen molar-refractivity contribution in [1.82, 2.24) is 15.2 Å². The number of rotatable bonds is 3. The van der Waals surface area contributed by atoms with Gasteiger partial charge in [-0.15, -0.1) is 16.4 Å². The normalized spacial score (nSPS) is 15.6. The first kappa shape index (κ1) is 15.8. The van der Waals surface area contributed by atoms with Crippen LogP contribution < -0.4 is 14.8 Å². The molecule has 2 aromatic carbocycles. The fraction of sp³-hybridized carbons (Fsp3) is 0.111. The maximum atomic E-state index is 12.4. The number of hydrogen-bond donors (Lipinski definition) is 1. The quantitative estimate of drug-likeness (QED) is 0.581. The predicted octanol–water partition coefficient (Wildman–Crippen LogP) is 3.44. The van der Waals surface area contributed by atoms with Gasteiger partial charge >= 0.3 is 6.01 Å². The van der Waals surface area contributed by atoms with Crippen molar-refractivity contribution in [3.8, 4) is 11.5 Å². The first-order chi connectivity index (χ1) is 13.3. The number of nitrogens with zero attached hydrogens (tertiary/aromatic N) is 3. The van der Waals surface area contributed by atoms with Crippen LogP contribution in [0.15, 0.2) is 52.9 Å². The van der Waals surface area contributed by atoms with Gasteiger partial charge in [0.2, 0.25) is 6.10 Å². The van der Waals surface area contributed by atoms with E-state index in [0.29, 0.717) is 16.5 Å². The highest BCUT2D eigenvalue weighted by atomic mass is 32.1. The fourth-order valence-electron chi connectivity index (χ4n) is 2.68. The SMILES string of the molecule is O=C(Nc1nnc(C2COc3ccccc3O2)o1)c1nc2ccccc2s1. The lowest BCUT2D eigenvalue weighted by Gasteiger charge is -2.23. The summed E-state index contributed by atoms with van der Waals surface area (Å²) in [5.41, 5.74) is 0.769. The Bertz CT molecular complexity index is 1110. The van der Waals surface area contributed by atoms with E-state index in [1.807, 2.05) is 42.5 Å². The Morgan fingerprint density at radius 1 is 1.07 bits per heavy atom. The Hall–Kier alpha value is -3.46. The van der Waals surface area contributed by atoms with Crippen molar-refractivity contribution in [3.05, 3.63) is 59.4 Å². The number of carbonyl (C=O) groups is 1. The molecule has 3 heterocycles. The van der Waals surface area contributed by atoms with Crippen LogP contribution in [0.3, 0.4) is 0 Å². The fourth-order valence-corrected chi connectivity index (χ4v) is 3.54. The van der Waals surface area contributed by atoms with Crippen LogP contribution in [0.2, 0.25) is 0 Å². The molecule has 0 fully saturated rings. The minimum absolute atomic E-state index is 0.0169. The van der Waals surface area contributed by atoms with Crippen molar-refractivity contribution in [2.75, 3.05) is 11.9 Å². The van der Waals surface area contributed by atoms with E-state index in [9.17, 15) is 4.79 Å². The summed E-state index contributed by atoms with van der Waals surface area (Å²) < 4.78 is 17.9. The van der Waals surface area contributed by atoms with E-state index in [4.69, 9.17) is 13.9 Å². The third-order valence-corrected chi connectivity index (χ3v) is 4.97. The Kier molecular flexibility index (Phi) is 3.72. The van der Waals surface area contributed by atoms with Gasteiger partial charge in [0.1, 0.15) is 6.61 Å². The lowest BCUT2D eigenvalue weighted by molar-refractivity contribution is 0.0716. The third-order valence-electron chi connectivity index (χ3n) is 3.93. The zero-order valence-electron chi connectivity index (χ0n) is 13.8. The van der Waals surface area contributed by atoms with Crippen molar-refractivity contribution in [2.45, 2.75) is 6.10 Å². The molecule has 0 radical (unpaired) electrons. The maximum absolute atomic E-state index is 12.4. The van der Waals surface area contributed by atoms with Crippen molar-refractivity contribution in [3.63, 3.8) is 0 Å². The molecule has 0 saturated heterocycles. The molecule has 1 amide bonds. The molecule has 1 aliphatic heterocycles. The van der Waals surface area contributed by atoms with E-state index in [0.717, 1.165) is 10.2 Å². The molecule has 5 rings (SSSR count). The van der Waals surface area contributed by atoms with Crippen LogP contribution in [0.5, 0.6) is 11.5 Å². The number of nitrogens with one attached hydrogen (secondary N) is 1. The van der Waals surface area contributed by atoms with E-state index in [2.05, 4.69) is 20.5 Å². The molecule has 1 N–H and O–H groups in total. The summed E-state index contributed by atoms with van der Waals surface area (Å²) in [4.78, 5) is 16.7. The summed E-state index contributed by atoms with van der Waals surface area (Å²) in [7, 11) is 0. The van der Waals surface area contributed by atoms with Gasteiger partial charge < -0.3 is 13.9 Å². The highest BCUT2D eigenvalue weighted by Crippen LogP contribution is 2.35. The highest BCUT2D eigenvalue weighted by Gasteiger charge is 2.27. The van der Waals surface area contributed by atoms with Gasteiger partial charge in [0.25, 0.3) is 11.8 Å². The number of hydrogen-bond acceptors (Lipinski definition) is 8. The molecule has 0 spiro atoms. The first-order valence-corrected chi connectivity index (χ1v) is 8.97. The topological polar surface area (TPSA) is 99.4 Å². The smallest absolute Gasteiger partial charge is 0.322 e. The van der Waals surface area contributed by atoms with Crippen LogP contribution in [0.1, 0.15) is 21.8 Å².